The average Bonchev–Trinajstić information content (AvgIpc) is 3.07. The van der Waals surface area contributed by atoms with Gasteiger partial charge in [0.1, 0.15) is 5.54 Å². The Hall–Kier alpha value is -1.59. The van der Waals surface area contributed by atoms with E-state index in [2.05, 4.69) is 27.2 Å². The van der Waals surface area contributed by atoms with Crippen LogP contribution in [-0.4, -0.2) is 69.7 Å². The Bertz CT molecular complexity index is 794. The number of piperidine rings is 2. The fraction of sp³-hybridized carbons (Fsp3) is 0.810. The quantitative estimate of drug-likeness (QED) is 0.647. The van der Waals surface area contributed by atoms with Gasteiger partial charge in [-0.25, -0.2) is 0 Å². The minimum Gasteiger partial charge on any atom is -0.343 e. The summed E-state index contributed by atoms with van der Waals surface area (Å²) in [4.78, 5) is 45.9. The van der Waals surface area contributed by atoms with Gasteiger partial charge >= 0.3 is 0 Å². The number of hydrogen-bond donors (Lipinski definition) is 0. The molecule has 1 saturated carbocycles. The van der Waals surface area contributed by atoms with Crippen LogP contribution in [0, 0.1) is 23.2 Å². The number of likely N-dealkylation sites (N-methyl/N-ethyl adjacent to an activating group) is 1. The number of nitrogens with zero attached hydrogens (tertiary/aromatic N) is 3. The van der Waals surface area contributed by atoms with Crippen LogP contribution in [0.25, 0.3) is 0 Å². The van der Waals surface area contributed by atoms with E-state index in [0.29, 0.717) is 19.3 Å². The molecule has 0 aromatic heterocycles. The highest BCUT2D eigenvalue weighted by atomic mass is 16.2. The Labute approximate surface area is 161 Å². The van der Waals surface area contributed by atoms with Crippen molar-refractivity contribution in [3.05, 3.63) is 6.42 Å². The van der Waals surface area contributed by atoms with Gasteiger partial charge in [0.25, 0.3) is 0 Å². The van der Waals surface area contributed by atoms with E-state index in [0.717, 1.165) is 6.42 Å². The number of amides is 3. The molecule has 6 heteroatoms. The molecule has 2 unspecified atom stereocenters. The zero-order valence-electron chi connectivity index (χ0n) is 17.2. The highest BCUT2D eigenvalue weighted by Crippen LogP contribution is 2.71. The van der Waals surface area contributed by atoms with E-state index in [-0.39, 0.29) is 35.7 Å². The van der Waals surface area contributed by atoms with Gasteiger partial charge in [0, 0.05) is 32.0 Å². The van der Waals surface area contributed by atoms with Crippen molar-refractivity contribution >= 4 is 17.7 Å². The Balaban J connectivity index is 1.75. The highest BCUT2D eigenvalue weighted by Gasteiger charge is 2.82. The number of rotatable bonds is 0. The van der Waals surface area contributed by atoms with E-state index >= 15 is 0 Å². The molecule has 0 aromatic carbocycles. The predicted molar refractivity (Wildman–Crippen MR) is 99.2 cm³/mol. The topological polar surface area (TPSA) is 60.9 Å². The van der Waals surface area contributed by atoms with Crippen LogP contribution in [0.3, 0.4) is 0 Å². The summed E-state index contributed by atoms with van der Waals surface area (Å²) in [7, 11) is 3.78. The molecule has 3 spiro atoms. The van der Waals surface area contributed by atoms with E-state index in [1.807, 2.05) is 35.7 Å². The molecule has 0 N–H and O–H groups in total. The van der Waals surface area contributed by atoms with Crippen LogP contribution in [-0.2, 0) is 14.4 Å². The number of piperazine rings is 1. The molecule has 6 aliphatic rings. The lowest BCUT2D eigenvalue weighted by atomic mass is 9.61. The molecule has 5 heterocycles. The van der Waals surface area contributed by atoms with Gasteiger partial charge < -0.3 is 14.7 Å². The lowest BCUT2D eigenvalue weighted by Gasteiger charge is -2.65. The second-order valence-corrected chi connectivity index (χ2v) is 10.4. The van der Waals surface area contributed by atoms with Gasteiger partial charge in [-0.05, 0) is 38.5 Å². The summed E-state index contributed by atoms with van der Waals surface area (Å²) in [6.45, 7) is 8.45. The van der Waals surface area contributed by atoms with Crippen molar-refractivity contribution in [3.8, 4) is 0 Å². The van der Waals surface area contributed by atoms with Crippen LogP contribution in [0.1, 0.15) is 53.4 Å². The van der Waals surface area contributed by atoms with Crippen LogP contribution in [0.15, 0.2) is 0 Å². The summed E-state index contributed by atoms with van der Waals surface area (Å²) in [5.41, 5.74) is -2.23. The first kappa shape index (κ1) is 17.5. The molecule has 0 aromatic rings. The molecular formula is C21H30N3O3. The fourth-order valence-corrected chi connectivity index (χ4v) is 7.69. The van der Waals surface area contributed by atoms with E-state index in [1.54, 1.807) is 0 Å². The molecule has 27 heavy (non-hydrogen) atoms. The molecule has 6 rings (SSSR count). The van der Waals surface area contributed by atoms with Gasteiger partial charge in [0.15, 0.2) is 0 Å². The van der Waals surface area contributed by atoms with Crippen molar-refractivity contribution in [3.63, 3.8) is 0 Å². The molecule has 147 valence electrons. The van der Waals surface area contributed by atoms with Crippen LogP contribution in [0.4, 0.5) is 0 Å². The molecule has 2 bridgehead atoms. The Morgan fingerprint density at radius 1 is 1.07 bits per heavy atom. The summed E-state index contributed by atoms with van der Waals surface area (Å²) in [6.07, 6.45) is 4.74. The molecule has 5 aliphatic heterocycles. The third kappa shape index (κ3) is 1.47. The Kier molecular flexibility index (Phi) is 2.93. The smallest absolute Gasteiger partial charge is 0.249 e. The highest BCUT2D eigenvalue weighted by molar-refractivity contribution is 6.00. The standard InChI is InChI=1S/C21H30N3O3/c1-12-9-14(25)24-15-18(3,4)19(10-13(2)22(5)16(19)26)11-20(15)7-8-21(12,24)17(27)23(20)6/h7,12-13,15H,8-11H2,1-6H3/t12-,13?,15?,19-,20+,21+/m0/s1. The second-order valence-electron chi connectivity index (χ2n) is 10.4. The minimum atomic E-state index is -0.750. The van der Waals surface area contributed by atoms with Crippen LogP contribution >= 0.6 is 0 Å². The minimum absolute atomic E-state index is 0.00252. The van der Waals surface area contributed by atoms with Crippen molar-refractivity contribution in [2.24, 2.45) is 16.7 Å². The fourth-order valence-electron chi connectivity index (χ4n) is 7.69. The van der Waals surface area contributed by atoms with Crippen molar-refractivity contribution < 1.29 is 14.4 Å². The lowest BCUT2D eigenvalue weighted by Crippen LogP contribution is -2.81. The molecule has 3 amide bonds. The van der Waals surface area contributed by atoms with Gasteiger partial charge in [-0.15, -0.1) is 0 Å². The van der Waals surface area contributed by atoms with E-state index in [4.69, 9.17) is 0 Å². The monoisotopic (exact) mass is 372 g/mol. The van der Waals surface area contributed by atoms with Crippen LogP contribution in [0.5, 0.6) is 0 Å². The van der Waals surface area contributed by atoms with Gasteiger partial charge in [-0.3, -0.25) is 14.4 Å². The Morgan fingerprint density at radius 3 is 2.33 bits per heavy atom. The van der Waals surface area contributed by atoms with Crippen molar-refractivity contribution in [2.45, 2.75) is 76.5 Å². The number of likely N-dealkylation sites (tertiary alicyclic amines) is 1. The molecule has 1 aliphatic carbocycles. The molecule has 6 fully saturated rings. The molecule has 6 atom stereocenters. The van der Waals surface area contributed by atoms with Crippen molar-refractivity contribution in [2.75, 3.05) is 14.1 Å². The van der Waals surface area contributed by atoms with E-state index in [1.165, 1.54) is 0 Å². The number of carbonyl (C=O) groups is 3. The van der Waals surface area contributed by atoms with Crippen molar-refractivity contribution in [1.29, 1.82) is 0 Å². The summed E-state index contributed by atoms with van der Waals surface area (Å²) in [6, 6.07) is 0.0373. The van der Waals surface area contributed by atoms with Gasteiger partial charge in [-0.1, -0.05) is 20.8 Å². The maximum absolute atomic E-state index is 13.5. The first-order chi connectivity index (χ1) is 12.5. The van der Waals surface area contributed by atoms with Crippen molar-refractivity contribution in [1.82, 2.24) is 14.7 Å². The summed E-state index contributed by atoms with van der Waals surface area (Å²) in [5, 5.41) is 0. The average molecular weight is 372 g/mol. The van der Waals surface area contributed by atoms with Crippen LogP contribution in [0.2, 0.25) is 0 Å². The zero-order valence-corrected chi connectivity index (χ0v) is 17.2. The number of fused-ring (bicyclic) bond motifs is 2. The molecule has 6 nitrogen and oxygen atoms in total. The predicted octanol–water partition coefficient (Wildman–Crippen LogP) is 1.45. The van der Waals surface area contributed by atoms with Crippen LogP contribution < -0.4 is 0 Å². The maximum atomic E-state index is 13.5. The zero-order chi connectivity index (χ0) is 19.7. The van der Waals surface area contributed by atoms with Gasteiger partial charge in [0.2, 0.25) is 17.7 Å². The van der Waals surface area contributed by atoms with Gasteiger partial charge in [-0.2, -0.15) is 0 Å². The number of carbonyl (C=O) groups excluding carboxylic acids is 3. The number of hydrogen-bond acceptors (Lipinski definition) is 3. The summed E-state index contributed by atoms with van der Waals surface area (Å²) >= 11 is 0. The first-order valence-electron chi connectivity index (χ1n) is 10.2. The molecule has 1 radical (unpaired) electrons. The van der Waals surface area contributed by atoms with E-state index in [9.17, 15) is 14.4 Å². The largest absolute Gasteiger partial charge is 0.343 e. The Morgan fingerprint density at radius 2 is 1.74 bits per heavy atom. The first-order valence-corrected chi connectivity index (χ1v) is 10.2. The van der Waals surface area contributed by atoms with E-state index < -0.39 is 21.9 Å². The molecular weight excluding hydrogens is 342 g/mol. The third-order valence-corrected chi connectivity index (χ3v) is 9.33. The third-order valence-electron chi connectivity index (χ3n) is 9.33. The SMILES string of the molecule is CC1C[C@]2(C[C@@]34[CH]C[C@]5(C(=O)N3C)[C@@H](C)CC(=O)N5C4C2(C)C)C(=O)N1C. The normalized spacial score (nSPS) is 50.2. The maximum Gasteiger partial charge on any atom is 0.249 e. The lowest BCUT2D eigenvalue weighted by molar-refractivity contribution is -0.186. The molecule has 5 saturated heterocycles. The summed E-state index contributed by atoms with van der Waals surface area (Å²) < 4.78 is 0. The summed E-state index contributed by atoms with van der Waals surface area (Å²) in [5.74, 6) is 0.334. The van der Waals surface area contributed by atoms with Gasteiger partial charge in [0.05, 0.1) is 17.0 Å². The second kappa shape index (κ2) is 4.52.